The topological polar surface area (TPSA) is 42.0 Å². The summed E-state index contributed by atoms with van der Waals surface area (Å²) in [4.78, 5) is 16.4. The van der Waals surface area contributed by atoms with Crippen LogP contribution in [0.25, 0.3) is 10.2 Å². The molecule has 0 atom stereocenters. The quantitative estimate of drug-likeness (QED) is 0.778. The van der Waals surface area contributed by atoms with Gasteiger partial charge < -0.3 is 5.32 Å². The maximum absolute atomic E-state index is 12.0. The molecule has 0 saturated heterocycles. The minimum atomic E-state index is 0.146. The first kappa shape index (κ1) is 12.8. The second-order valence-electron chi connectivity index (χ2n) is 4.51. The number of ketones is 1. The van der Waals surface area contributed by atoms with Crippen LogP contribution in [0.1, 0.15) is 5.01 Å². The van der Waals surface area contributed by atoms with Gasteiger partial charge in [0.1, 0.15) is 5.01 Å². The zero-order valence-corrected chi connectivity index (χ0v) is 11.7. The van der Waals surface area contributed by atoms with Gasteiger partial charge >= 0.3 is 0 Å². The molecule has 3 rings (SSSR count). The standard InChI is InChI=1S/C16H14N2OS/c19-13(11-17-12-6-2-1-3-7-12)10-16-18-14-8-4-5-9-15(14)20-16/h1-9,17H,10-11H2. The maximum Gasteiger partial charge on any atom is 0.158 e. The van der Waals surface area contributed by atoms with Crippen molar-refractivity contribution in [2.45, 2.75) is 6.42 Å². The van der Waals surface area contributed by atoms with E-state index in [9.17, 15) is 4.79 Å². The fraction of sp³-hybridized carbons (Fsp3) is 0.125. The Morgan fingerprint density at radius 3 is 2.60 bits per heavy atom. The number of carbonyl (C=O) groups excluding carboxylic acids is 1. The zero-order chi connectivity index (χ0) is 13.8. The highest BCUT2D eigenvalue weighted by atomic mass is 32.1. The number of thiazole rings is 1. The number of Topliss-reactive ketones (excluding diaryl/α,β-unsaturated/α-hetero) is 1. The molecule has 0 fully saturated rings. The van der Waals surface area contributed by atoms with Gasteiger partial charge in [0.15, 0.2) is 5.78 Å². The highest BCUT2D eigenvalue weighted by molar-refractivity contribution is 7.18. The number of rotatable bonds is 5. The van der Waals surface area contributed by atoms with Crippen LogP contribution in [0.4, 0.5) is 5.69 Å². The van der Waals surface area contributed by atoms with E-state index in [1.807, 2.05) is 54.6 Å². The summed E-state index contributed by atoms with van der Waals surface area (Å²) in [6.45, 7) is 0.333. The Bertz CT molecular complexity index is 688. The minimum Gasteiger partial charge on any atom is -0.378 e. The van der Waals surface area contributed by atoms with Gasteiger partial charge in [0.2, 0.25) is 0 Å². The van der Waals surface area contributed by atoms with Crippen molar-refractivity contribution in [3.8, 4) is 0 Å². The van der Waals surface area contributed by atoms with E-state index in [-0.39, 0.29) is 5.78 Å². The van der Waals surface area contributed by atoms with E-state index in [0.717, 1.165) is 20.9 Å². The predicted octanol–water partition coefficient (Wildman–Crippen LogP) is 3.52. The van der Waals surface area contributed by atoms with Crippen molar-refractivity contribution in [2.75, 3.05) is 11.9 Å². The van der Waals surface area contributed by atoms with E-state index < -0.39 is 0 Å². The summed E-state index contributed by atoms with van der Waals surface area (Å²) in [5.74, 6) is 0.146. The van der Waals surface area contributed by atoms with Crippen molar-refractivity contribution in [2.24, 2.45) is 0 Å². The maximum atomic E-state index is 12.0. The Kier molecular flexibility index (Phi) is 3.74. The number of benzene rings is 2. The molecule has 0 bridgehead atoms. The van der Waals surface area contributed by atoms with Gasteiger partial charge in [0.25, 0.3) is 0 Å². The molecule has 0 spiro atoms. The molecule has 100 valence electrons. The summed E-state index contributed by atoms with van der Waals surface area (Å²) in [5, 5.41) is 4.01. The molecule has 0 saturated carbocycles. The van der Waals surface area contributed by atoms with E-state index in [0.29, 0.717) is 13.0 Å². The molecule has 3 aromatic rings. The van der Waals surface area contributed by atoms with Crippen molar-refractivity contribution >= 4 is 33.0 Å². The van der Waals surface area contributed by atoms with Crippen LogP contribution in [-0.2, 0) is 11.2 Å². The molecule has 0 radical (unpaired) electrons. The number of fused-ring (bicyclic) bond motifs is 1. The lowest BCUT2D eigenvalue weighted by molar-refractivity contribution is -0.116. The van der Waals surface area contributed by atoms with Crippen LogP contribution < -0.4 is 5.32 Å². The summed E-state index contributed by atoms with van der Waals surface area (Å²) >= 11 is 1.59. The number of carbonyl (C=O) groups is 1. The van der Waals surface area contributed by atoms with Crippen molar-refractivity contribution in [1.82, 2.24) is 4.98 Å². The van der Waals surface area contributed by atoms with Crippen molar-refractivity contribution in [1.29, 1.82) is 0 Å². The van der Waals surface area contributed by atoms with E-state index in [4.69, 9.17) is 0 Å². The molecule has 0 aliphatic carbocycles. The summed E-state index contributed by atoms with van der Waals surface area (Å²) in [5.41, 5.74) is 1.93. The normalized spacial score (nSPS) is 10.6. The molecule has 0 unspecified atom stereocenters. The van der Waals surface area contributed by atoms with Crippen LogP contribution in [-0.4, -0.2) is 17.3 Å². The lowest BCUT2D eigenvalue weighted by Gasteiger charge is -2.03. The number of anilines is 1. The molecular formula is C16H14N2OS. The van der Waals surface area contributed by atoms with Gasteiger partial charge in [0, 0.05) is 5.69 Å². The molecule has 0 amide bonds. The Hall–Kier alpha value is -2.20. The lowest BCUT2D eigenvalue weighted by Crippen LogP contribution is -2.15. The van der Waals surface area contributed by atoms with Crippen molar-refractivity contribution in [3.05, 3.63) is 59.6 Å². The van der Waals surface area contributed by atoms with Gasteiger partial charge in [-0.05, 0) is 24.3 Å². The first-order valence-electron chi connectivity index (χ1n) is 6.46. The molecular weight excluding hydrogens is 268 g/mol. The van der Waals surface area contributed by atoms with Gasteiger partial charge in [-0.25, -0.2) is 4.98 Å². The van der Waals surface area contributed by atoms with E-state index >= 15 is 0 Å². The average molecular weight is 282 g/mol. The van der Waals surface area contributed by atoms with Gasteiger partial charge in [-0.15, -0.1) is 11.3 Å². The van der Waals surface area contributed by atoms with Gasteiger partial charge in [-0.2, -0.15) is 0 Å². The highest BCUT2D eigenvalue weighted by Crippen LogP contribution is 2.21. The zero-order valence-electron chi connectivity index (χ0n) is 10.9. The van der Waals surface area contributed by atoms with Gasteiger partial charge in [0.05, 0.1) is 23.2 Å². The Morgan fingerprint density at radius 2 is 1.80 bits per heavy atom. The monoisotopic (exact) mass is 282 g/mol. The smallest absolute Gasteiger partial charge is 0.158 e. The van der Waals surface area contributed by atoms with Crippen LogP contribution in [0, 0.1) is 0 Å². The number of aromatic nitrogens is 1. The molecule has 1 N–H and O–H groups in total. The third-order valence-electron chi connectivity index (χ3n) is 2.95. The Morgan fingerprint density at radius 1 is 1.05 bits per heavy atom. The van der Waals surface area contributed by atoms with Crippen LogP contribution in [0.5, 0.6) is 0 Å². The lowest BCUT2D eigenvalue weighted by atomic mass is 10.2. The second-order valence-corrected chi connectivity index (χ2v) is 5.63. The number of hydrogen-bond donors (Lipinski definition) is 1. The second kappa shape index (κ2) is 5.84. The molecule has 20 heavy (non-hydrogen) atoms. The fourth-order valence-corrected chi connectivity index (χ4v) is 2.98. The third-order valence-corrected chi connectivity index (χ3v) is 3.99. The Balaban J connectivity index is 1.61. The molecule has 2 aromatic carbocycles. The molecule has 0 aliphatic heterocycles. The summed E-state index contributed by atoms with van der Waals surface area (Å²) in [6, 6.07) is 17.7. The van der Waals surface area contributed by atoms with Crippen molar-refractivity contribution < 1.29 is 4.79 Å². The fourth-order valence-electron chi connectivity index (χ4n) is 1.98. The SMILES string of the molecule is O=C(CNc1ccccc1)Cc1nc2ccccc2s1. The summed E-state index contributed by atoms with van der Waals surface area (Å²) in [6.07, 6.45) is 0.388. The van der Waals surface area contributed by atoms with Crippen LogP contribution in [0.2, 0.25) is 0 Å². The molecule has 1 aromatic heterocycles. The summed E-state index contributed by atoms with van der Waals surface area (Å²) < 4.78 is 1.13. The number of nitrogens with one attached hydrogen (secondary N) is 1. The van der Waals surface area contributed by atoms with Crippen LogP contribution in [0.15, 0.2) is 54.6 Å². The summed E-state index contributed by atoms with van der Waals surface area (Å²) in [7, 11) is 0. The molecule has 0 aliphatic rings. The predicted molar refractivity (Wildman–Crippen MR) is 83.3 cm³/mol. The van der Waals surface area contributed by atoms with Crippen LogP contribution >= 0.6 is 11.3 Å². The first-order valence-corrected chi connectivity index (χ1v) is 7.28. The van der Waals surface area contributed by atoms with Crippen LogP contribution in [0.3, 0.4) is 0 Å². The third kappa shape index (κ3) is 3.03. The Labute approximate surface area is 121 Å². The highest BCUT2D eigenvalue weighted by Gasteiger charge is 2.08. The number of nitrogens with zero attached hydrogens (tertiary/aromatic N) is 1. The molecule has 1 heterocycles. The average Bonchev–Trinajstić information content (AvgIpc) is 2.88. The van der Waals surface area contributed by atoms with Gasteiger partial charge in [-0.1, -0.05) is 30.3 Å². The van der Waals surface area contributed by atoms with E-state index in [1.165, 1.54) is 0 Å². The van der Waals surface area contributed by atoms with E-state index in [1.54, 1.807) is 11.3 Å². The minimum absolute atomic E-state index is 0.146. The number of hydrogen-bond acceptors (Lipinski definition) is 4. The van der Waals surface area contributed by atoms with E-state index in [2.05, 4.69) is 10.3 Å². The largest absolute Gasteiger partial charge is 0.378 e. The molecule has 3 nitrogen and oxygen atoms in total. The van der Waals surface area contributed by atoms with Gasteiger partial charge in [-0.3, -0.25) is 4.79 Å². The van der Waals surface area contributed by atoms with Crippen molar-refractivity contribution in [3.63, 3.8) is 0 Å². The first-order chi connectivity index (χ1) is 9.81. The number of para-hydroxylation sites is 2. The molecule has 4 heteroatoms.